The van der Waals surface area contributed by atoms with Crippen LogP contribution in [0, 0.1) is 11.3 Å². The molecule has 3 nitrogen and oxygen atoms in total. The first-order chi connectivity index (χ1) is 6.27. The maximum atomic E-state index is 5.89. The van der Waals surface area contributed by atoms with Crippen molar-refractivity contribution in [3.63, 3.8) is 0 Å². The van der Waals surface area contributed by atoms with Gasteiger partial charge in [-0.15, -0.1) is 0 Å². The van der Waals surface area contributed by atoms with Crippen molar-refractivity contribution < 1.29 is 4.74 Å². The van der Waals surface area contributed by atoms with E-state index in [1.54, 1.807) is 7.11 Å². The number of ether oxygens (including phenoxy) is 1. The van der Waals surface area contributed by atoms with E-state index >= 15 is 0 Å². The molecule has 0 aromatic heterocycles. The Hall–Kier alpha value is -0.120. The molecular weight excluding hydrogens is 164 g/mol. The van der Waals surface area contributed by atoms with Crippen molar-refractivity contribution in [1.82, 2.24) is 5.01 Å². The second-order valence-electron chi connectivity index (χ2n) is 4.67. The highest BCUT2D eigenvalue weighted by molar-refractivity contribution is 4.97. The summed E-state index contributed by atoms with van der Waals surface area (Å²) in [7, 11) is 1.81. The van der Waals surface area contributed by atoms with E-state index in [-0.39, 0.29) is 0 Å². The van der Waals surface area contributed by atoms with Gasteiger partial charge in [-0.25, -0.2) is 5.01 Å². The fraction of sp³-hybridized carbons (Fsp3) is 1.00. The van der Waals surface area contributed by atoms with Crippen LogP contribution >= 0.6 is 0 Å². The van der Waals surface area contributed by atoms with Crippen LogP contribution in [0.2, 0.25) is 0 Å². The number of hydrogen-bond acceptors (Lipinski definition) is 3. The largest absolute Gasteiger partial charge is 0.384 e. The summed E-state index contributed by atoms with van der Waals surface area (Å²) in [5.74, 6) is 6.67. The highest BCUT2D eigenvalue weighted by Gasteiger charge is 2.46. The Morgan fingerprint density at radius 2 is 2.38 bits per heavy atom. The van der Waals surface area contributed by atoms with Gasteiger partial charge in [0.25, 0.3) is 0 Å². The van der Waals surface area contributed by atoms with Crippen LogP contribution in [-0.2, 0) is 4.74 Å². The number of fused-ring (bicyclic) bond motifs is 1. The number of nitrogens with zero attached hydrogens (tertiary/aromatic N) is 1. The fourth-order valence-corrected chi connectivity index (χ4v) is 3.15. The predicted molar refractivity (Wildman–Crippen MR) is 52.0 cm³/mol. The average Bonchev–Trinajstić information content (AvgIpc) is 2.41. The second kappa shape index (κ2) is 3.56. The van der Waals surface area contributed by atoms with Gasteiger partial charge in [-0.3, -0.25) is 5.84 Å². The molecule has 1 saturated heterocycles. The summed E-state index contributed by atoms with van der Waals surface area (Å²) < 4.78 is 5.35. The first-order valence-electron chi connectivity index (χ1n) is 5.25. The fourth-order valence-electron chi connectivity index (χ4n) is 3.15. The second-order valence-corrected chi connectivity index (χ2v) is 4.67. The van der Waals surface area contributed by atoms with E-state index in [1.807, 2.05) is 5.01 Å². The normalized spacial score (nSPS) is 40.6. The number of methoxy groups -OCH3 is 1. The lowest BCUT2D eigenvalue weighted by Crippen LogP contribution is -2.38. The Labute approximate surface area is 80.2 Å². The minimum absolute atomic E-state index is 0.391. The standard InChI is InChI=1S/C10H20N2O/c1-13-8-10-5-3-2-4-9(10)6-12(11)7-10/h9H,2-8,11H2,1H3/t9-,10-/m0/s1. The molecule has 2 N–H and O–H groups in total. The summed E-state index contributed by atoms with van der Waals surface area (Å²) in [5.41, 5.74) is 0.391. The lowest BCUT2D eigenvalue weighted by atomic mass is 9.69. The molecule has 1 aliphatic carbocycles. The molecule has 1 heterocycles. The van der Waals surface area contributed by atoms with Crippen LogP contribution in [0.4, 0.5) is 0 Å². The van der Waals surface area contributed by atoms with E-state index in [1.165, 1.54) is 25.7 Å². The number of rotatable bonds is 2. The zero-order valence-electron chi connectivity index (χ0n) is 8.46. The third-order valence-electron chi connectivity index (χ3n) is 3.75. The van der Waals surface area contributed by atoms with Gasteiger partial charge >= 0.3 is 0 Å². The van der Waals surface area contributed by atoms with Crippen molar-refractivity contribution >= 4 is 0 Å². The first kappa shape index (κ1) is 9.44. The third-order valence-corrected chi connectivity index (χ3v) is 3.75. The zero-order chi connectivity index (χ0) is 9.31. The average molecular weight is 184 g/mol. The van der Waals surface area contributed by atoms with Gasteiger partial charge in [0.15, 0.2) is 0 Å². The van der Waals surface area contributed by atoms with Crippen LogP contribution in [0.1, 0.15) is 25.7 Å². The van der Waals surface area contributed by atoms with Crippen LogP contribution < -0.4 is 5.84 Å². The monoisotopic (exact) mass is 184 g/mol. The summed E-state index contributed by atoms with van der Waals surface area (Å²) in [4.78, 5) is 0. The summed E-state index contributed by atoms with van der Waals surface area (Å²) in [6, 6.07) is 0. The van der Waals surface area contributed by atoms with Crippen molar-refractivity contribution in [3.8, 4) is 0 Å². The molecule has 76 valence electrons. The van der Waals surface area contributed by atoms with Gasteiger partial charge < -0.3 is 4.74 Å². The zero-order valence-corrected chi connectivity index (χ0v) is 8.46. The number of nitrogens with two attached hydrogens (primary N) is 1. The maximum Gasteiger partial charge on any atom is 0.0534 e. The lowest BCUT2D eigenvalue weighted by Gasteiger charge is -2.37. The number of hydrogen-bond donors (Lipinski definition) is 1. The highest BCUT2D eigenvalue weighted by atomic mass is 16.5. The van der Waals surface area contributed by atoms with Crippen molar-refractivity contribution in [2.24, 2.45) is 17.2 Å². The smallest absolute Gasteiger partial charge is 0.0534 e. The van der Waals surface area contributed by atoms with Gasteiger partial charge in [0.05, 0.1) is 6.61 Å². The molecule has 0 amide bonds. The quantitative estimate of drug-likeness (QED) is 0.651. The maximum absolute atomic E-state index is 5.89. The van der Waals surface area contributed by atoms with E-state index < -0.39 is 0 Å². The van der Waals surface area contributed by atoms with Crippen molar-refractivity contribution in [2.45, 2.75) is 25.7 Å². The molecule has 3 heteroatoms. The van der Waals surface area contributed by atoms with E-state index in [9.17, 15) is 0 Å². The lowest BCUT2D eigenvalue weighted by molar-refractivity contribution is 0.0298. The molecule has 2 aliphatic rings. The molecular formula is C10H20N2O. The third kappa shape index (κ3) is 1.60. The molecule has 1 aliphatic heterocycles. The molecule has 0 bridgehead atoms. The van der Waals surface area contributed by atoms with Crippen LogP contribution in [0.25, 0.3) is 0 Å². The Morgan fingerprint density at radius 1 is 1.54 bits per heavy atom. The van der Waals surface area contributed by atoms with E-state index in [0.717, 1.165) is 25.6 Å². The van der Waals surface area contributed by atoms with Gasteiger partial charge in [0.2, 0.25) is 0 Å². The van der Waals surface area contributed by atoms with Crippen LogP contribution in [0.3, 0.4) is 0 Å². The molecule has 0 aromatic rings. The summed E-state index contributed by atoms with van der Waals surface area (Å²) >= 11 is 0. The Kier molecular flexibility index (Phi) is 2.58. The van der Waals surface area contributed by atoms with Gasteiger partial charge in [-0.1, -0.05) is 12.8 Å². The molecule has 2 fully saturated rings. The Bertz CT molecular complexity index is 182. The van der Waals surface area contributed by atoms with Gasteiger partial charge in [-0.05, 0) is 18.8 Å². The minimum atomic E-state index is 0.391. The molecule has 1 saturated carbocycles. The summed E-state index contributed by atoms with van der Waals surface area (Å²) in [6.45, 7) is 3.00. The molecule has 0 radical (unpaired) electrons. The Morgan fingerprint density at radius 3 is 3.15 bits per heavy atom. The molecule has 2 rings (SSSR count). The van der Waals surface area contributed by atoms with Crippen molar-refractivity contribution in [3.05, 3.63) is 0 Å². The first-order valence-corrected chi connectivity index (χ1v) is 5.25. The summed E-state index contributed by atoms with van der Waals surface area (Å²) in [5, 5.41) is 1.98. The van der Waals surface area contributed by atoms with Gasteiger partial charge in [-0.2, -0.15) is 0 Å². The minimum Gasteiger partial charge on any atom is -0.384 e. The molecule has 0 unspecified atom stereocenters. The summed E-state index contributed by atoms with van der Waals surface area (Å²) in [6.07, 6.45) is 5.38. The van der Waals surface area contributed by atoms with Gasteiger partial charge in [0, 0.05) is 25.6 Å². The Balaban J connectivity index is 2.10. The highest BCUT2D eigenvalue weighted by Crippen LogP contribution is 2.45. The van der Waals surface area contributed by atoms with Crippen LogP contribution in [-0.4, -0.2) is 31.8 Å². The van der Waals surface area contributed by atoms with E-state index in [0.29, 0.717) is 5.41 Å². The molecule has 0 spiro atoms. The molecule has 2 atom stereocenters. The predicted octanol–water partition coefficient (Wildman–Crippen LogP) is 0.999. The van der Waals surface area contributed by atoms with Crippen LogP contribution in [0.5, 0.6) is 0 Å². The van der Waals surface area contributed by atoms with E-state index in [4.69, 9.17) is 10.6 Å². The SMILES string of the molecule is COC[C@@]12CCCC[C@H]1CN(N)C2. The molecule has 0 aromatic carbocycles. The van der Waals surface area contributed by atoms with Gasteiger partial charge in [0.1, 0.15) is 0 Å². The van der Waals surface area contributed by atoms with E-state index in [2.05, 4.69) is 0 Å². The molecule has 13 heavy (non-hydrogen) atoms. The van der Waals surface area contributed by atoms with Crippen molar-refractivity contribution in [2.75, 3.05) is 26.8 Å². The van der Waals surface area contributed by atoms with Crippen molar-refractivity contribution in [1.29, 1.82) is 0 Å². The van der Waals surface area contributed by atoms with Crippen LogP contribution in [0.15, 0.2) is 0 Å². The number of hydrazine groups is 1. The topological polar surface area (TPSA) is 38.5 Å².